The van der Waals surface area contributed by atoms with Gasteiger partial charge in [0.1, 0.15) is 17.0 Å². The van der Waals surface area contributed by atoms with Gasteiger partial charge < -0.3 is 10.0 Å². The lowest BCUT2D eigenvalue weighted by molar-refractivity contribution is -0.130. The molecule has 27 heavy (non-hydrogen) atoms. The van der Waals surface area contributed by atoms with E-state index in [9.17, 15) is 14.3 Å². The minimum Gasteiger partial charge on any atom is -0.493 e. The lowest BCUT2D eigenvalue weighted by atomic mass is 10.0. The van der Waals surface area contributed by atoms with E-state index in [2.05, 4.69) is 15.1 Å². The lowest BCUT2D eigenvalue weighted by Crippen LogP contribution is -2.29. The van der Waals surface area contributed by atoms with Crippen LogP contribution in [0.4, 0.5) is 4.39 Å². The van der Waals surface area contributed by atoms with Crippen LogP contribution in [-0.2, 0) is 17.6 Å². The minimum absolute atomic E-state index is 0.0769. The van der Waals surface area contributed by atoms with Crippen LogP contribution in [0.15, 0.2) is 24.4 Å². The number of aromatic hydroxyl groups is 1. The minimum atomic E-state index is -0.360. The molecule has 1 saturated heterocycles. The van der Waals surface area contributed by atoms with Gasteiger partial charge in [-0.2, -0.15) is 10.1 Å². The molecule has 5 rings (SSSR count). The zero-order chi connectivity index (χ0) is 18.5. The number of carbonyl (C=O) groups is 1. The van der Waals surface area contributed by atoms with E-state index in [1.165, 1.54) is 18.3 Å². The van der Waals surface area contributed by atoms with Crippen molar-refractivity contribution < 1.29 is 14.3 Å². The molecular formula is C19H18FN5O2. The standard InChI is InChI=1S/C19H18FN5O2/c20-13-2-3-15-12(8-13)1-4-17(26)24-6-5-11(10-24)7-16-22-18-14(19(27)23-16)9-21-25(15)18/h2-3,8-9,11H,1,4-7,10H2,(H,22,23,27)/t11-/m1/s1. The summed E-state index contributed by atoms with van der Waals surface area (Å²) in [6, 6.07) is 4.43. The molecule has 1 amide bonds. The molecule has 0 aliphatic carbocycles. The SMILES string of the molecule is O=C1CCc2cc(F)ccc2-n2ncc3c(O)nc(nc32)C[C@H]2CCN1C2. The van der Waals surface area contributed by atoms with Crippen LogP contribution in [0.1, 0.15) is 24.2 Å². The average molecular weight is 367 g/mol. The summed E-state index contributed by atoms with van der Waals surface area (Å²) in [6.45, 7) is 1.38. The highest BCUT2D eigenvalue weighted by Crippen LogP contribution is 2.29. The third kappa shape index (κ3) is 2.72. The smallest absolute Gasteiger partial charge is 0.225 e. The molecule has 4 bridgehead atoms. The quantitative estimate of drug-likeness (QED) is 0.657. The van der Waals surface area contributed by atoms with Gasteiger partial charge in [0.05, 0.1) is 11.9 Å². The van der Waals surface area contributed by atoms with E-state index in [1.807, 2.05) is 4.90 Å². The number of nitrogens with zero attached hydrogens (tertiary/aromatic N) is 5. The molecule has 8 heteroatoms. The number of aromatic nitrogens is 4. The predicted octanol–water partition coefficient (Wildman–Crippen LogP) is 2.00. The van der Waals surface area contributed by atoms with E-state index in [1.54, 1.807) is 10.7 Å². The molecule has 1 aromatic carbocycles. The van der Waals surface area contributed by atoms with Crippen molar-refractivity contribution in [3.63, 3.8) is 0 Å². The third-order valence-corrected chi connectivity index (χ3v) is 5.44. The fourth-order valence-electron chi connectivity index (χ4n) is 4.05. The molecule has 3 aromatic rings. The maximum absolute atomic E-state index is 13.9. The van der Waals surface area contributed by atoms with Gasteiger partial charge in [0.2, 0.25) is 11.8 Å². The summed E-state index contributed by atoms with van der Waals surface area (Å²) in [4.78, 5) is 23.3. The molecule has 2 aliphatic heterocycles. The molecule has 7 nitrogen and oxygen atoms in total. The van der Waals surface area contributed by atoms with E-state index in [0.29, 0.717) is 60.5 Å². The van der Waals surface area contributed by atoms with E-state index in [4.69, 9.17) is 0 Å². The maximum atomic E-state index is 13.9. The second-order valence-corrected chi connectivity index (χ2v) is 7.23. The van der Waals surface area contributed by atoms with Gasteiger partial charge in [-0.25, -0.2) is 14.1 Å². The van der Waals surface area contributed by atoms with E-state index in [-0.39, 0.29) is 23.5 Å². The fourth-order valence-corrected chi connectivity index (χ4v) is 4.05. The number of fused-ring (bicyclic) bond motifs is 5. The molecule has 0 spiro atoms. The number of amides is 1. The van der Waals surface area contributed by atoms with Crippen LogP contribution in [0.2, 0.25) is 0 Å². The number of aryl methyl sites for hydroxylation is 1. The van der Waals surface area contributed by atoms with Gasteiger partial charge in [0.25, 0.3) is 0 Å². The molecule has 2 aliphatic rings. The van der Waals surface area contributed by atoms with Crippen LogP contribution >= 0.6 is 0 Å². The van der Waals surface area contributed by atoms with Crippen molar-refractivity contribution in [1.29, 1.82) is 0 Å². The Balaban J connectivity index is 1.72. The molecule has 0 unspecified atom stereocenters. The first-order chi connectivity index (χ1) is 13.1. The molecule has 1 fully saturated rings. The second-order valence-electron chi connectivity index (χ2n) is 7.23. The zero-order valence-electron chi connectivity index (χ0n) is 14.6. The van der Waals surface area contributed by atoms with Gasteiger partial charge in [-0.15, -0.1) is 0 Å². The Bertz CT molecular complexity index is 1060. The second kappa shape index (κ2) is 6.00. The lowest BCUT2D eigenvalue weighted by Gasteiger charge is -2.17. The topological polar surface area (TPSA) is 84.1 Å². The zero-order valence-corrected chi connectivity index (χ0v) is 14.6. The number of benzene rings is 1. The van der Waals surface area contributed by atoms with E-state index in [0.717, 1.165) is 6.42 Å². The van der Waals surface area contributed by atoms with Crippen molar-refractivity contribution in [2.24, 2.45) is 5.92 Å². The molecule has 0 radical (unpaired) electrons. The molecule has 1 atom stereocenters. The van der Waals surface area contributed by atoms with Crippen molar-refractivity contribution in [2.75, 3.05) is 13.1 Å². The Hall–Kier alpha value is -3.03. The van der Waals surface area contributed by atoms with Crippen molar-refractivity contribution in [3.8, 4) is 11.6 Å². The first-order valence-electron chi connectivity index (χ1n) is 9.08. The van der Waals surface area contributed by atoms with Crippen molar-refractivity contribution >= 4 is 16.9 Å². The van der Waals surface area contributed by atoms with Crippen molar-refractivity contribution in [2.45, 2.75) is 25.7 Å². The van der Waals surface area contributed by atoms with Crippen LogP contribution in [-0.4, -0.2) is 48.8 Å². The molecular weight excluding hydrogens is 349 g/mol. The number of hydrogen-bond donors (Lipinski definition) is 1. The van der Waals surface area contributed by atoms with Crippen LogP contribution in [0.25, 0.3) is 16.7 Å². The van der Waals surface area contributed by atoms with Gasteiger partial charge in [-0.3, -0.25) is 4.79 Å². The van der Waals surface area contributed by atoms with E-state index >= 15 is 0 Å². The van der Waals surface area contributed by atoms with Gasteiger partial charge in [-0.05, 0) is 42.5 Å². The molecule has 1 N–H and O–H groups in total. The normalized spacial score (nSPS) is 19.7. The van der Waals surface area contributed by atoms with Gasteiger partial charge in [0, 0.05) is 25.9 Å². The number of hydrogen-bond acceptors (Lipinski definition) is 5. The van der Waals surface area contributed by atoms with Crippen molar-refractivity contribution in [3.05, 3.63) is 41.6 Å². The molecule has 138 valence electrons. The Kier molecular flexibility index (Phi) is 3.60. The van der Waals surface area contributed by atoms with Crippen LogP contribution in [0.5, 0.6) is 5.88 Å². The first-order valence-corrected chi connectivity index (χ1v) is 9.08. The average Bonchev–Trinajstić information content (AvgIpc) is 3.27. The summed E-state index contributed by atoms with van der Waals surface area (Å²) in [5, 5.41) is 15.1. The molecule has 4 heterocycles. The highest BCUT2D eigenvalue weighted by Gasteiger charge is 2.28. The summed E-state index contributed by atoms with van der Waals surface area (Å²) >= 11 is 0. The van der Waals surface area contributed by atoms with Crippen LogP contribution in [0.3, 0.4) is 0 Å². The molecule has 0 saturated carbocycles. The first kappa shape index (κ1) is 16.2. The van der Waals surface area contributed by atoms with Gasteiger partial charge >= 0.3 is 0 Å². The monoisotopic (exact) mass is 367 g/mol. The summed E-state index contributed by atoms with van der Waals surface area (Å²) in [7, 11) is 0. The van der Waals surface area contributed by atoms with E-state index < -0.39 is 0 Å². The Morgan fingerprint density at radius 2 is 2.11 bits per heavy atom. The number of rotatable bonds is 0. The third-order valence-electron chi connectivity index (χ3n) is 5.44. The van der Waals surface area contributed by atoms with Crippen LogP contribution in [0, 0.1) is 11.7 Å². The number of halogens is 1. The number of carbonyl (C=O) groups excluding carboxylic acids is 1. The van der Waals surface area contributed by atoms with Gasteiger partial charge in [-0.1, -0.05) is 0 Å². The fraction of sp³-hybridized carbons (Fsp3) is 0.368. The predicted molar refractivity (Wildman–Crippen MR) is 95.0 cm³/mol. The largest absolute Gasteiger partial charge is 0.493 e. The Labute approximate surface area is 154 Å². The summed E-state index contributed by atoms with van der Waals surface area (Å²) in [6.07, 6.45) is 3.73. The summed E-state index contributed by atoms with van der Waals surface area (Å²) < 4.78 is 15.5. The summed E-state index contributed by atoms with van der Waals surface area (Å²) in [5.41, 5.74) is 1.83. The Morgan fingerprint density at radius 1 is 1.22 bits per heavy atom. The van der Waals surface area contributed by atoms with Gasteiger partial charge in [0.15, 0.2) is 5.65 Å². The highest BCUT2D eigenvalue weighted by molar-refractivity contribution is 5.81. The van der Waals surface area contributed by atoms with Crippen molar-refractivity contribution in [1.82, 2.24) is 24.6 Å². The molecule has 2 aromatic heterocycles. The maximum Gasteiger partial charge on any atom is 0.225 e. The summed E-state index contributed by atoms with van der Waals surface area (Å²) in [5.74, 6) is 0.409. The Morgan fingerprint density at radius 3 is 3.00 bits per heavy atom. The van der Waals surface area contributed by atoms with Crippen LogP contribution < -0.4 is 0 Å². The highest BCUT2D eigenvalue weighted by atomic mass is 19.1.